The second-order valence-electron chi connectivity index (χ2n) is 5.28. The van der Waals surface area contributed by atoms with E-state index in [4.69, 9.17) is 9.47 Å². The molecule has 1 unspecified atom stereocenters. The standard InChI is InChI=1S/C17H17FO2/c1-11-3-5-16(12(2)7-11)19-10-15-9-13-8-14(18)4-6-17(13)20-15/h3-8,15H,9-10H2,1-2H3. The van der Waals surface area contributed by atoms with E-state index in [1.165, 1.54) is 17.7 Å². The lowest BCUT2D eigenvalue weighted by Gasteiger charge is -2.14. The molecule has 2 aromatic carbocycles. The predicted molar refractivity (Wildman–Crippen MR) is 75.9 cm³/mol. The molecule has 1 atom stereocenters. The molecule has 1 heterocycles. The van der Waals surface area contributed by atoms with Gasteiger partial charge in [-0.3, -0.25) is 0 Å². The fourth-order valence-electron chi connectivity index (χ4n) is 2.53. The minimum absolute atomic E-state index is 0.0486. The third-order valence-corrected chi connectivity index (χ3v) is 3.52. The van der Waals surface area contributed by atoms with Gasteiger partial charge in [-0.1, -0.05) is 17.7 Å². The molecule has 104 valence electrons. The summed E-state index contributed by atoms with van der Waals surface area (Å²) in [5, 5.41) is 0. The van der Waals surface area contributed by atoms with Gasteiger partial charge in [0, 0.05) is 12.0 Å². The van der Waals surface area contributed by atoms with Crippen LogP contribution in [0, 0.1) is 19.7 Å². The smallest absolute Gasteiger partial charge is 0.137 e. The van der Waals surface area contributed by atoms with Crippen LogP contribution in [-0.4, -0.2) is 12.7 Å². The average Bonchev–Trinajstić information content (AvgIpc) is 2.79. The molecule has 1 aliphatic heterocycles. The van der Waals surface area contributed by atoms with Crippen LogP contribution < -0.4 is 9.47 Å². The molecular formula is C17H17FO2. The van der Waals surface area contributed by atoms with Crippen LogP contribution in [0.25, 0.3) is 0 Å². The fourth-order valence-corrected chi connectivity index (χ4v) is 2.53. The number of benzene rings is 2. The lowest BCUT2D eigenvalue weighted by Crippen LogP contribution is -2.22. The maximum atomic E-state index is 13.1. The van der Waals surface area contributed by atoms with E-state index in [1.807, 2.05) is 19.1 Å². The highest BCUT2D eigenvalue weighted by atomic mass is 19.1. The van der Waals surface area contributed by atoms with Crippen molar-refractivity contribution in [1.82, 2.24) is 0 Å². The first-order valence-corrected chi connectivity index (χ1v) is 6.77. The number of aryl methyl sites for hydroxylation is 2. The van der Waals surface area contributed by atoms with Crippen LogP contribution >= 0.6 is 0 Å². The van der Waals surface area contributed by atoms with Gasteiger partial charge in [0.25, 0.3) is 0 Å². The van der Waals surface area contributed by atoms with Gasteiger partial charge in [-0.2, -0.15) is 0 Å². The third-order valence-electron chi connectivity index (χ3n) is 3.52. The molecule has 1 aliphatic rings. The summed E-state index contributed by atoms with van der Waals surface area (Å²) < 4.78 is 24.7. The Morgan fingerprint density at radius 2 is 2.05 bits per heavy atom. The van der Waals surface area contributed by atoms with Crippen LogP contribution in [0.3, 0.4) is 0 Å². The maximum absolute atomic E-state index is 13.1. The molecule has 0 N–H and O–H groups in total. The first-order chi connectivity index (χ1) is 9.61. The normalized spacial score (nSPS) is 16.6. The quantitative estimate of drug-likeness (QED) is 0.845. The topological polar surface area (TPSA) is 18.5 Å². The van der Waals surface area contributed by atoms with Gasteiger partial charge in [-0.15, -0.1) is 0 Å². The number of rotatable bonds is 3. The van der Waals surface area contributed by atoms with Crippen molar-refractivity contribution in [1.29, 1.82) is 0 Å². The van der Waals surface area contributed by atoms with Gasteiger partial charge in [-0.25, -0.2) is 4.39 Å². The van der Waals surface area contributed by atoms with Crippen molar-refractivity contribution in [2.24, 2.45) is 0 Å². The first-order valence-electron chi connectivity index (χ1n) is 6.77. The van der Waals surface area contributed by atoms with Crippen LogP contribution in [0.2, 0.25) is 0 Å². The van der Waals surface area contributed by atoms with Crippen LogP contribution in [0.15, 0.2) is 36.4 Å². The summed E-state index contributed by atoms with van der Waals surface area (Å²) in [7, 11) is 0. The molecule has 0 fully saturated rings. The summed E-state index contributed by atoms with van der Waals surface area (Å²) in [6, 6.07) is 10.7. The average molecular weight is 272 g/mol. The van der Waals surface area contributed by atoms with Gasteiger partial charge in [0.1, 0.15) is 30.0 Å². The van der Waals surface area contributed by atoms with Crippen molar-refractivity contribution in [2.45, 2.75) is 26.4 Å². The zero-order valence-electron chi connectivity index (χ0n) is 11.7. The Labute approximate surface area is 118 Å². The minimum Gasteiger partial charge on any atom is -0.489 e. The van der Waals surface area contributed by atoms with Crippen molar-refractivity contribution < 1.29 is 13.9 Å². The van der Waals surface area contributed by atoms with E-state index in [0.29, 0.717) is 13.0 Å². The lowest BCUT2D eigenvalue weighted by molar-refractivity contribution is 0.148. The summed E-state index contributed by atoms with van der Waals surface area (Å²) >= 11 is 0. The van der Waals surface area contributed by atoms with Crippen LogP contribution in [0.4, 0.5) is 4.39 Å². The number of fused-ring (bicyclic) bond motifs is 1. The Kier molecular flexibility index (Phi) is 3.35. The van der Waals surface area contributed by atoms with Gasteiger partial charge < -0.3 is 9.47 Å². The van der Waals surface area contributed by atoms with E-state index >= 15 is 0 Å². The summed E-state index contributed by atoms with van der Waals surface area (Å²) in [4.78, 5) is 0. The molecule has 2 aromatic rings. The van der Waals surface area contributed by atoms with E-state index in [9.17, 15) is 4.39 Å². The molecule has 0 aromatic heterocycles. The van der Waals surface area contributed by atoms with Crippen LogP contribution in [0.1, 0.15) is 16.7 Å². The summed E-state index contributed by atoms with van der Waals surface area (Å²) in [5.41, 5.74) is 3.25. The Morgan fingerprint density at radius 1 is 1.20 bits per heavy atom. The number of hydrogen-bond acceptors (Lipinski definition) is 2. The summed E-state index contributed by atoms with van der Waals surface area (Å²) in [5.74, 6) is 1.42. The van der Waals surface area contributed by atoms with Crippen molar-refractivity contribution in [3.05, 3.63) is 58.9 Å². The molecule has 0 spiro atoms. The van der Waals surface area contributed by atoms with Gasteiger partial charge in [0.2, 0.25) is 0 Å². The molecule has 0 aliphatic carbocycles. The Hall–Kier alpha value is -2.03. The molecule has 0 saturated carbocycles. The first kappa shape index (κ1) is 13.0. The highest BCUT2D eigenvalue weighted by Crippen LogP contribution is 2.30. The zero-order valence-corrected chi connectivity index (χ0v) is 11.7. The molecule has 0 amide bonds. The summed E-state index contributed by atoms with van der Waals surface area (Å²) in [6.07, 6.45) is 0.644. The van der Waals surface area contributed by atoms with E-state index in [0.717, 1.165) is 22.6 Å². The highest BCUT2D eigenvalue weighted by Gasteiger charge is 2.23. The molecule has 20 heavy (non-hydrogen) atoms. The Morgan fingerprint density at radius 3 is 2.85 bits per heavy atom. The van der Waals surface area contributed by atoms with E-state index in [1.54, 1.807) is 6.07 Å². The molecule has 0 radical (unpaired) electrons. The Bertz CT molecular complexity index is 637. The van der Waals surface area contributed by atoms with Crippen molar-refractivity contribution in [3.63, 3.8) is 0 Å². The van der Waals surface area contributed by atoms with Gasteiger partial charge in [0.05, 0.1) is 0 Å². The number of ether oxygens (including phenoxy) is 2. The SMILES string of the molecule is Cc1ccc(OCC2Cc3cc(F)ccc3O2)c(C)c1. The van der Waals surface area contributed by atoms with Crippen molar-refractivity contribution >= 4 is 0 Å². The number of halogens is 1. The van der Waals surface area contributed by atoms with E-state index < -0.39 is 0 Å². The van der Waals surface area contributed by atoms with Crippen LogP contribution in [0.5, 0.6) is 11.5 Å². The van der Waals surface area contributed by atoms with Crippen molar-refractivity contribution in [2.75, 3.05) is 6.61 Å². The highest BCUT2D eigenvalue weighted by molar-refractivity contribution is 5.38. The second kappa shape index (κ2) is 5.16. The maximum Gasteiger partial charge on any atom is 0.137 e. The molecule has 0 bridgehead atoms. The van der Waals surface area contributed by atoms with Crippen LogP contribution in [-0.2, 0) is 6.42 Å². The van der Waals surface area contributed by atoms with Gasteiger partial charge in [0.15, 0.2) is 0 Å². The largest absolute Gasteiger partial charge is 0.489 e. The lowest BCUT2D eigenvalue weighted by atomic mass is 10.1. The van der Waals surface area contributed by atoms with E-state index in [-0.39, 0.29) is 11.9 Å². The third kappa shape index (κ3) is 2.62. The monoisotopic (exact) mass is 272 g/mol. The molecule has 3 rings (SSSR count). The van der Waals surface area contributed by atoms with Crippen molar-refractivity contribution in [3.8, 4) is 11.5 Å². The fraction of sp³-hybridized carbons (Fsp3) is 0.294. The summed E-state index contributed by atoms with van der Waals surface area (Å²) in [6.45, 7) is 4.56. The van der Waals surface area contributed by atoms with Gasteiger partial charge in [-0.05, 0) is 43.7 Å². The minimum atomic E-state index is -0.219. The van der Waals surface area contributed by atoms with E-state index in [2.05, 4.69) is 13.0 Å². The molecule has 3 heteroatoms. The predicted octanol–water partition coefficient (Wildman–Crippen LogP) is 3.83. The second-order valence-corrected chi connectivity index (χ2v) is 5.28. The molecule has 2 nitrogen and oxygen atoms in total. The zero-order chi connectivity index (χ0) is 14.1. The molecule has 0 saturated heterocycles. The molecular weight excluding hydrogens is 255 g/mol. The number of hydrogen-bond donors (Lipinski definition) is 0. The van der Waals surface area contributed by atoms with Gasteiger partial charge >= 0.3 is 0 Å². The Balaban J connectivity index is 1.63.